The van der Waals surface area contributed by atoms with Crippen molar-refractivity contribution in [2.75, 3.05) is 7.11 Å². The van der Waals surface area contributed by atoms with E-state index in [1.165, 1.54) is 0 Å². The number of amides is 2. The van der Waals surface area contributed by atoms with Crippen molar-refractivity contribution in [2.24, 2.45) is 0 Å². The highest BCUT2D eigenvalue weighted by atomic mass is 32.2. The zero-order valence-electron chi connectivity index (χ0n) is 13.9. The number of para-hydroxylation sites is 1. The molecule has 3 aromatic rings. The normalized spacial score (nSPS) is 15.7. The van der Waals surface area contributed by atoms with E-state index in [0.717, 1.165) is 39.7 Å². The molecule has 1 aliphatic heterocycles. The highest BCUT2D eigenvalue weighted by Gasteiger charge is 2.24. The van der Waals surface area contributed by atoms with Gasteiger partial charge in [-0.3, -0.25) is 14.9 Å². The van der Waals surface area contributed by atoms with Crippen LogP contribution in [0.15, 0.2) is 53.7 Å². The van der Waals surface area contributed by atoms with Gasteiger partial charge >= 0.3 is 0 Å². The quantitative estimate of drug-likeness (QED) is 0.717. The fourth-order valence-corrected chi connectivity index (χ4v) is 3.56. The first kappa shape index (κ1) is 16.4. The van der Waals surface area contributed by atoms with Gasteiger partial charge in [-0.1, -0.05) is 24.3 Å². The Morgan fingerprint density at radius 3 is 2.85 bits per heavy atom. The molecule has 0 aliphatic carbocycles. The first-order chi connectivity index (χ1) is 12.6. The van der Waals surface area contributed by atoms with E-state index in [1.54, 1.807) is 19.5 Å². The van der Waals surface area contributed by atoms with Crippen LogP contribution >= 0.6 is 11.8 Å². The van der Waals surface area contributed by atoms with Crippen LogP contribution in [0.2, 0.25) is 0 Å². The minimum atomic E-state index is -0.359. The number of methoxy groups -OCH3 is 1. The van der Waals surface area contributed by atoms with Gasteiger partial charge in [0.15, 0.2) is 0 Å². The largest absolute Gasteiger partial charge is 0.496 e. The summed E-state index contributed by atoms with van der Waals surface area (Å²) in [5.41, 5.74) is 3.70. The van der Waals surface area contributed by atoms with E-state index in [2.05, 4.69) is 10.3 Å². The van der Waals surface area contributed by atoms with Gasteiger partial charge in [-0.2, -0.15) is 0 Å². The molecule has 26 heavy (non-hydrogen) atoms. The third-order valence-corrected chi connectivity index (χ3v) is 4.93. The SMILES string of the molecule is COc1ccccc1Cn1cnc2ccc(/C=C3/SC(=O)NC3=O)cc21. The van der Waals surface area contributed by atoms with Crippen LogP contribution in [0.5, 0.6) is 5.75 Å². The molecular weight excluding hydrogens is 350 g/mol. The highest BCUT2D eigenvalue weighted by Crippen LogP contribution is 2.27. The van der Waals surface area contributed by atoms with Crippen LogP contribution in [0.1, 0.15) is 11.1 Å². The second-order valence-corrected chi connectivity index (χ2v) is 6.80. The number of nitrogens with one attached hydrogen (secondary N) is 1. The fourth-order valence-electron chi connectivity index (χ4n) is 2.88. The maximum absolute atomic E-state index is 11.7. The van der Waals surface area contributed by atoms with E-state index in [-0.39, 0.29) is 11.1 Å². The third-order valence-electron chi connectivity index (χ3n) is 4.12. The summed E-state index contributed by atoms with van der Waals surface area (Å²) in [5.74, 6) is 0.466. The topological polar surface area (TPSA) is 73.2 Å². The van der Waals surface area contributed by atoms with Crippen molar-refractivity contribution in [2.45, 2.75) is 6.54 Å². The van der Waals surface area contributed by atoms with Crippen LogP contribution in [0.4, 0.5) is 4.79 Å². The Morgan fingerprint density at radius 2 is 2.08 bits per heavy atom. The maximum Gasteiger partial charge on any atom is 0.290 e. The summed E-state index contributed by atoms with van der Waals surface area (Å²) in [6.45, 7) is 0.619. The number of fused-ring (bicyclic) bond motifs is 1. The van der Waals surface area contributed by atoms with Gasteiger partial charge in [0, 0.05) is 5.56 Å². The van der Waals surface area contributed by atoms with Gasteiger partial charge in [0.1, 0.15) is 5.75 Å². The van der Waals surface area contributed by atoms with Crippen LogP contribution in [0, 0.1) is 0 Å². The molecule has 4 rings (SSSR count). The van der Waals surface area contributed by atoms with Crippen LogP contribution in [0.25, 0.3) is 17.1 Å². The summed E-state index contributed by atoms with van der Waals surface area (Å²) in [7, 11) is 1.65. The molecule has 130 valence electrons. The van der Waals surface area contributed by atoms with Crippen molar-refractivity contribution in [3.05, 3.63) is 64.8 Å². The van der Waals surface area contributed by atoms with E-state index in [0.29, 0.717) is 11.4 Å². The monoisotopic (exact) mass is 365 g/mol. The number of hydrogen-bond acceptors (Lipinski definition) is 5. The van der Waals surface area contributed by atoms with Crippen molar-refractivity contribution in [1.29, 1.82) is 0 Å². The van der Waals surface area contributed by atoms with E-state index in [4.69, 9.17) is 4.74 Å². The van der Waals surface area contributed by atoms with E-state index in [1.807, 2.05) is 47.0 Å². The maximum atomic E-state index is 11.7. The highest BCUT2D eigenvalue weighted by molar-refractivity contribution is 8.18. The molecule has 0 spiro atoms. The number of rotatable bonds is 4. The minimum Gasteiger partial charge on any atom is -0.496 e. The molecule has 1 N–H and O–H groups in total. The molecule has 1 aromatic heterocycles. The van der Waals surface area contributed by atoms with Gasteiger partial charge in [-0.25, -0.2) is 4.98 Å². The van der Waals surface area contributed by atoms with Crippen LogP contribution in [-0.4, -0.2) is 27.8 Å². The van der Waals surface area contributed by atoms with Gasteiger partial charge in [-0.15, -0.1) is 0 Å². The lowest BCUT2D eigenvalue weighted by Crippen LogP contribution is -2.17. The number of ether oxygens (including phenoxy) is 1. The molecule has 0 atom stereocenters. The number of thioether (sulfide) groups is 1. The summed E-state index contributed by atoms with van der Waals surface area (Å²) >= 11 is 0.910. The van der Waals surface area contributed by atoms with Crippen molar-refractivity contribution in [3.8, 4) is 5.75 Å². The summed E-state index contributed by atoms with van der Waals surface area (Å²) in [6, 6.07) is 13.6. The van der Waals surface area contributed by atoms with Crippen molar-refractivity contribution >= 4 is 40.0 Å². The molecular formula is C19H15N3O3S. The Bertz CT molecular complexity index is 1060. The van der Waals surface area contributed by atoms with Gasteiger partial charge in [0.25, 0.3) is 11.1 Å². The number of nitrogens with zero attached hydrogens (tertiary/aromatic N) is 2. The molecule has 1 aliphatic rings. The number of carbonyl (C=O) groups is 2. The molecule has 6 nitrogen and oxygen atoms in total. The molecule has 0 bridgehead atoms. The van der Waals surface area contributed by atoms with Crippen LogP contribution in [-0.2, 0) is 11.3 Å². The van der Waals surface area contributed by atoms with Gasteiger partial charge in [-0.05, 0) is 41.6 Å². The predicted molar refractivity (Wildman–Crippen MR) is 101 cm³/mol. The number of imide groups is 1. The second-order valence-electron chi connectivity index (χ2n) is 5.78. The van der Waals surface area contributed by atoms with Crippen molar-refractivity contribution in [3.63, 3.8) is 0 Å². The average molecular weight is 365 g/mol. The number of aromatic nitrogens is 2. The Kier molecular flexibility index (Phi) is 4.22. The zero-order chi connectivity index (χ0) is 18.1. The number of imidazole rings is 1. The van der Waals surface area contributed by atoms with Crippen LogP contribution < -0.4 is 10.1 Å². The summed E-state index contributed by atoms with van der Waals surface area (Å²) in [6.07, 6.45) is 3.50. The molecule has 2 heterocycles. The van der Waals surface area contributed by atoms with E-state index >= 15 is 0 Å². The number of carbonyl (C=O) groups excluding carboxylic acids is 2. The number of hydrogen-bond donors (Lipinski definition) is 1. The average Bonchev–Trinajstić information content (AvgIpc) is 3.18. The minimum absolute atomic E-state index is 0.344. The van der Waals surface area contributed by atoms with Gasteiger partial charge < -0.3 is 9.30 Å². The molecule has 1 fully saturated rings. The summed E-state index contributed by atoms with van der Waals surface area (Å²) in [5, 5.41) is 1.92. The lowest BCUT2D eigenvalue weighted by atomic mass is 10.1. The predicted octanol–water partition coefficient (Wildman–Crippen LogP) is 3.42. The van der Waals surface area contributed by atoms with Gasteiger partial charge in [0.2, 0.25) is 0 Å². The Hall–Kier alpha value is -3.06. The molecule has 0 radical (unpaired) electrons. The van der Waals surface area contributed by atoms with Crippen LogP contribution in [0.3, 0.4) is 0 Å². The molecule has 1 saturated heterocycles. The van der Waals surface area contributed by atoms with E-state index < -0.39 is 0 Å². The molecule has 7 heteroatoms. The Morgan fingerprint density at radius 1 is 1.23 bits per heavy atom. The fraction of sp³-hybridized carbons (Fsp3) is 0.105. The summed E-state index contributed by atoms with van der Waals surface area (Å²) in [4.78, 5) is 27.9. The molecule has 2 aromatic carbocycles. The lowest BCUT2D eigenvalue weighted by molar-refractivity contribution is -0.115. The second kappa shape index (κ2) is 6.68. The first-order valence-electron chi connectivity index (χ1n) is 7.95. The molecule has 0 unspecified atom stereocenters. The lowest BCUT2D eigenvalue weighted by Gasteiger charge is -2.09. The molecule has 2 amide bonds. The zero-order valence-corrected chi connectivity index (χ0v) is 14.7. The Balaban J connectivity index is 1.70. The Labute approximate surface area is 153 Å². The summed E-state index contributed by atoms with van der Waals surface area (Å²) < 4.78 is 7.45. The smallest absolute Gasteiger partial charge is 0.290 e. The standard InChI is InChI=1S/C19H15N3O3S/c1-25-16-5-3-2-4-13(16)10-22-11-20-14-7-6-12(8-15(14)22)9-17-18(23)21-19(24)26-17/h2-9,11H,10H2,1H3,(H,21,23,24)/b17-9+. The van der Waals surface area contributed by atoms with E-state index in [9.17, 15) is 9.59 Å². The first-order valence-corrected chi connectivity index (χ1v) is 8.77. The third kappa shape index (κ3) is 3.09. The van der Waals surface area contributed by atoms with Gasteiger partial charge in [0.05, 0.1) is 35.9 Å². The molecule has 0 saturated carbocycles. The number of benzene rings is 2. The van der Waals surface area contributed by atoms with Crippen molar-refractivity contribution in [1.82, 2.24) is 14.9 Å². The van der Waals surface area contributed by atoms with Crippen molar-refractivity contribution < 1.29 is 14.3 Å².